The highest BCUT2D eigenvalue weighted by atomic mass is 35.5. The molecule has 0 aliphatic carbocycles. The Kier molecular flexibility index (Phi) is 4.66. The van der Waals surface area contributed by atoms with Gasteiger partial charge in [-0.05, 0) is 23.8 Å². The molecule has 0 radical (unpaired) electrons. The Morgan fingerprint density at radius 3 is 2.58 bits per heavy atom. The van der Waals surface area contributed by atoms with E-state index in [1.807, 2.05) is 24.3 Å². The van der Waals surface area contributed by atoms with E-state index in [0.717, 1.165) is 11.1 Å². The smallest absolute Gasteiger partial charge is 0.162 e. The second-order valence-corrected chi connectivity index (χ2v) is 4.43. The number of halogens is 1. The normalized spacial score (nSPS) is 10.3. The molecule has 0 amide bonds. The van der Waals surface area contributed by atoms with Crippen LogP contribution in [0.25, 0.3) is 0 Å². The molecule has 2 aromatic carbocycles. The van der Waals surface area contributed by atoms with Crippen molar-refractivity contribution >= 4 is 11.6 Å². The number of benzene rings is 2. The van der Waals surface area contributed by atoms with E-state index in [1.54, 1.807) is 25.3 Å². The molecule has 2 aromatic rings. The van der Waals surface area contributed by atoms with Gasteiger partial charge in [0.25, 0.3) is 0 Å². The molecule has 19 heavy (non-hydrogen) atoms. The fourth-order valence-corrected chi connectivity index (χ4v) is 1.89. The highest BCUT2D eigenvalue weighted by molar-refractivity contribution is 6.31. The average molecular weight is 279 g/mol. The Labute approximate surface area is 117 Å². The minimum absolute atomic E-state index is 0.0353. The van der Waals surface area contributed by atoms with E-state index in [4.69, 9.17) is 26.2 Å². The zero-order valence-corrected chi connectivity index (χ0v) is 11.4. The predicted octanol–water partition coefficient (Wildman–Crippen LogP) is 3.42. The number of aliphatic hydroxyl groups is 1. The second kappa shape index (κ2) is 6.45. The summed E-state index contributed by atoms with van der Waals surface area (Å²) >= 11 is 6.07. The van der Waals surface area contributed by atoms with Gasteiger partial charge in [-0.25, -0.2) is 0 Å². The molecule has 0 fully saturated rings. The predicted molar refractivity (Wildman–Crippen MR) is 74.7 cm³/mol. The van der Waals surface area contributed by atoms with E-state index < -0.39 is 0 Å². The fraction of sp³-hybridized carbons (Fsp3) is 0.200. The Morgan fingerprint density at radius 1 is 1.11 bits per heavy atom. The van der Waals surface area contributed by atoms with Crippen LogP contribution in [0.15, 0.2) is 42.5 Å². The lowest BCUT2D eigenvalue weighted by molar-refractivity contribution is 0.272. The molecule has 1 N–H and O–H groups in total. The van der Waals surface area contributed by atoms with Crippen molar-refractivity contribution in [2.24, 2.45) is 0 Å². The highest BCUT2D eigenvalue weighted by Gasteiger charge is 2.07. The molecular weight excluding hydrogens is 264 g/mol. The van der Waals surface area contributed by atoms with Gasteiger partial charge in [0, 0.05) is 10.6 Å². The summed E-state index contributed by atoms with van der Waals surface area (Å²) in [7, 11) is 1.58. The van der Waals surface area contributed by atoms with Gasteiger partial charge in [0.2, 0.25) is 0 Å². The van der Waals surface area contributed by atoms with Gasteiger partial charge in [-0.1, -0.05) is 35.9 Å². The monoisotopic (exact) mass is 278 g/mol. The lowest BCUT2D eigenvalue weighted by Crippen LogP contribution is -1.99. The fourth-order valence-electron chi connectivity index (χ4n) is 1.70. The van der Waals surface area contributed by atoms with E-state index in [-0.39, 0.29) is 6.61 Å². The van der Waals surface area contributed by atoms with Crippen LogP contribution in [0, 0.1) is 0 Å². The van der Waals surface area contributed by atoms with Gasteiger partial charge >= 0.3 is 0 Å². The minimum Gasteiger partial charge on any atom is -0.493 e. The third kappa shape index (κ3) is 3.40. The number of methoxy groups -OCH3 is 1. The topological polar surface area (TPSA) is 38.7 Å². The average Bonchev–Trinajstić information content (AvgIpc) is 2.46. The van der Waals surface area contributed by atoms with Crippen molar-refractivity contribution in [3.05, 3.63) is 58.6 Å². The van der Waals surface area contributed by atoms with Crippen LogP contribution in [0.5, 0.6) is 11.5 Å². The third-order valence-electron chi connectivity index (χ3n) is 2.75. The summed E-state index contributed by atoms with van der Waals surface area (Å²) in [6.45, 7) is 0.317. The summed E-state index contributed by atoms with van der Waals surface area (Å²) < 4.78 is 10.9. The summed E-state index contributed by atoms with van der Waals surface area (Å²) in [5.74, 6) is 1.22. The molecule has 0 heterocycles. The minimum atomic E-state index is -0.0353. The summed E-state index contributed by atoms with van der Waals surface area (Å²) in [6.07, 6.45) is 0. The van der Waals surface area contributed by atoms with Gasteiger partial charge in [0.15, 0.2) is 11.5 Å². The number of hydrogen-bond acceptors (Lipinski definition) is 3. The summed E-state index contributed by atoms with van der Waals surface area (Å²) in [6, 6.07) is 12.8. The third-order valence-corrected chi connectivity index (χ3v) is 3.12. The van der Waals surface area contributed by atoms with Gasteiger partial charge < -0.3 is 14.6 Å². The summed E-state index contributed by atoms with van der Waals surface area (Å²) in [4.78, 5) is 0. The Balaban J connectivity index is 2.16. The lowest BCUT2D eigenvalue weighted by atomic mass is 10.2. The van der Waals surface area contributed by atoms with Crippen molar-refractivity contribution in [1.29, 1.82) is 0 Å². The summed E-state index contributed by atoms with van der Waals surface area (Å²) in [5.41, 5.74) is 1.68. The zero-order chi connectivity index (χ0) is 13.7. The van der Waals surface area contributed by atoms with Crippen LogP contribution in [0.1, 0.15) is 11.1 Å². The van der Waals surface area contributed by atoms with Crippen LogP contribution >= 0.6 is 11.6 Å². The van der Waals surface area contributed by atoms with Gasteiger partial charge in [-0.3, -0.25) is 0 Å². The first-order valence-corrected chi connectivity index (χ1v) is 6.26. The largest absolute Gasteiger partial charge is 0.493 e. The van der Waals surface area contributed by atoms with Crippen LogP contribution in [0.2, 0.25) is 5.02 Å². The summed E-state index contributed by atoms with van der Waals surface area (Å²) in [5, 5.41) is 9.80. The molecule has 0 unspecified atom stereocenters. The molecule has 0 spiro atoms. The molecule has 2 rings (SSSR count). The van der Waals surface area contributed by atoms with Crippen LogP contribution < -0.4 is 9.47 Å². The molecule has 100 valence electrons. The standard InChI is InChI=1S/C15H15ClO3/c1-18-14-7-6-11(9-17)8-15(14)19-10-12-4-2-3-5-13(12)16/h2-8,17H,9-10H2,1H3. The van der Waals surface area contributed by atoms with Crippen molar-refractivity contribution in [1.82, 2.24) is 0 Å². The van der Waals surface area contributed by atoms with Gasteiger partial charge in [0.1, 0.15) is 6.61 Å². The van der Waals surface area contributed by atoms with Crippen molar-refractivity contribution in [2.75, 3.05) is 7.11 Å². The van der Waals surface area contributed by atoms with Crippen molar-refractivity contribution < 1.29 is 14.6 Å². The molecule has 0 aliphatic heterocycles. The highest BCUT2D eigenvalue weighted by Crippen LogP contribution is 2.29. The van der Waals surface area contributed by atoms with Crippen LogP contribution in [0.4, 0.5) is 0 Å². The molecule has 0 atom stereocenters. The van der Waals surface area contributed by atoms with Gasteiger partial charge in [0.05, 0.1) is 13.7 Å². The molecule has 3 nitrogen and oxygen atoms in total. The van der Waals surface area contributed by atoms with Crippen molar-refractivity contribution in [3.8, 4) is 11.5 Å². The molecule has 0 saturated heterocycles. The Bertz CT molecular complexity index is 555. The second-order valence-electron chi connectivity index (χ2n) is 4.02. The maximum Gasteiger partial charge on any atom is 0.162 e. The molecule has 0 aliphatic rings. The molecular formula is C15H15ClO3. The molecule has 0 saturated carbocycles. The number of rotatable bonds is 5. The number of ether oxygens (including phenoxy) is 2. The number of aliphatic hydroxyl groups excluding tert-OH is 1. The van der Waals surface area contributed by atoms with E-state index in [2.05, 4.69) is 0 Å². The zero-order valence-electron chi connectivity index (χ0n) is 10.6. The van der Waals surface area contributed by atoms with E-state index >= 15 is 0 Å². The van der Waals surface area contributed by atoms with Crippen LogP contribution in [-0.2, 0) is 13.2 Å². The van der Waals surface area contributed by atoms with E-state index in [1.165, 1.54) is 0 Å². The van der Waals surface area contributed by atoms with Crippen LogP contribution in [-0.4, -0.2) is 12.2 Å². The van der Waals surface area contributed by atoms with Crippen molar-refractivity contribution in [3.63, 3.8) is 0 Å². The molecule has 4 heteroatoms. The van der Waals surface area contributed by atoms with E-state index in [9.17, 15) is 0 Å². The Morgan fingerprint density at radius 2 is 1.89 bits per heavy atom. The van der Waals surface area contributed by atoms with Gasteiger partial charge in [-0.2, -0.15) is 0 Å². The first-order valence-electron chi connectivity index (χ1n) is 5.88. The quantitative estimate of drug-likeness (QED) is 0.911. The SMILES string of the molecule is COc1ccc(CO)cc1OCc1ccccc1Cl. The Hall–Kier alpha value is -1.71. The van der Waals surface area contributed by atoms with E-state index in [0.29, 0.717) is 23.1 Å². The van der Waals surface area contributed by atoms with Crippen molar-refractivity contribution in [2.45, 2.75) is 13.2 Å². The lowest BCUT2D eigenvalue weighted by Gasteiger charge is -2.12. The van der Waals surface area contributed by atoms with Gasteiger partial charge in [-0.15, -0.1) is 0 Å². The maximum atomic E-state index is 9.14. The molecule has 0 aromatic heterocycles. The first kappa shape index (κ1) is 13.7. The first-order chi connectivity index (χ1) is 9.24. The number of hydrogen-bond donors (Lipinski definition) is 1. The maximum absolute atomic E-state index is 9.14. The molecule has 0 bridgehead atoms. The van der Waals surface area contributed by atoms with Crippen LogP contribution in [0.3, 0.4) is 0 Å².